The van der Waals surface area contributed by atoms with Crippen molar-refractivity contribution in [3.63, 3.8) is 0 Å². The van der Waals surface area contributed by atoms with Gasteiger partial charge in [-0.1, -0.05) is 25.1 Å². The Kier molecular flexibility index (Phi) is 6.43. The van der Waals surface area contributed by atoms with Crippen LogP contribution in [0.1, 0.15) is 13.3 Å². The first-order valence-corrected chi connectivity index (χ1v) is 6.44. The van der Waals surface area contributed by atoms with Crippen molar-refractivity contribution in [1.82, 2.24) is 10.2 Å². The van der Waals surface area contributed by atoms with Gasteiger partial charge in [-0.15, -0.1) is 0 Å². The van der Waals surface area contributed by atoms with Gasteiger partial charge >= 0.3 is 0 Å². The predicted octanol–water partition coefficient (Wildman–Crippen LogP) is 1.08. The third-order valence-electron chi connectivity index (χ3n) is 2.68. The van der Waals surface area contributed by atoms with E-state index in [1.54, 1.807) is 11.9 Å². The molecule has 5 nitrogen and oxygen atoms in total. The van der Waals surface area contributed by atoms with E-state index in [4.69, 9.17) is 0 Å². The van der Waals surface area contributed by atoms with Crippen LogP contribution in [0.25, 0.3) is 0 Å². The Labute approximate surface area is 114 Å². The van der Waals surface area contributed by atoms with Crippen LogP contribution >= 0.6 is 0 Å². The highest BCUT2D eigenvalue weighted by Gasteiger charge is 2.15. The number of benzene rings is 1. The van der Waals surface area contributed by atoms with Gasteiger partial charge in [0.1, 0.15) is 0 Å². The summed E-state index contributed by atoms with van der Waals surface area (Å²) in [5.41, 5.74) is 0.896. The first-order valence-electron chi connectivity index (χ1n) is 6.44. The summed E-state index contributed by atoms with van der Waals surface area (Å²) < 4.78 is 0. The second-order valence-corrected chi connectivity index (χ2v) is 4.21. The van der Waals surface area contributed by atoms with Gasteiger partial charge in [0.25, 0.3) is 0 Å². The van der Waals surface area contributed by atoms with E-state index in [9.17, 15) is 9.59 Å². The van der Waals surface area contributed by atoms with E-state index in [1.807, 2.05) is 37.3 Å². The molecule has 19 heavy (non-hydrogen) atoms. The van der Waals surface area contributed by atoms with Gasteiger partial charge in [0.15, 0.2) is 0 Å². The molecule has 0 saturated heterocycles. The van der Waals surface area contributed by atoms with Gasteiger partial charge in [0.2, 0.25) is 11.8 Å². The number of carbonyl (C=O) groups excluding carboxylic acids is 2. The lowest BCUT2D eigenvalue weighted by molar-refractivity contribution is -0.134. The number of para-hydroxylation sites is 1. The molecule has 1 aromatic rings. The number of likely N-dealkylation sites (N-methyl/N-ethyl adjacent to an activating group) is 1. The van der Waals surface area contributed by atoms with Crippen molar-refractivity contribution >= 4 is 17.5 Å². The van der Waals surface area contributed by atoms with Crippen LogP contribution in [-0.2, 0) is 9.59 Å². The molecule has 0 aliphatic carbocycles. The second-order valence-electron chi connectivity index (χ2n) is 4.21. The van der Waals surface area contributed by atoms with Crippen molar-refractivity contribution in [1.29, 1.82) is 0 Å². The number of carbonyl (C=O) groups is 2. The van der Waals surface area contributed by atoms with Crippen molar-refractivity contribution < 1.29 is 9.59 Å². The van der Waals surface area contributed by atoms with Crippen molar-refractivity contribution in [3.05, 3.63) is 30.3 Å². The number of rotatable bonds is 7. The van der Waals surface area contributed by atoms with E-state index in [0.717, 1.165) is 12.1 Å². The number of nitrogens with zero attached hydrogens (tertiary/aromatic N) is 1. The summed E-state index contributed by atoms with van der Waals surface area (Å²) in [7, 11) is 1.57. The fraction of sp³-hybridized carbons (Fsp3) is 0.429. The van der Waals surface area contributed by atoms with Gasteiger partial charge in [0, 0.05) is 19.3 Å². The zero-order chi connectivity index (χ0) is 14.1. The normalized spacial score (nSPS) is 9.79. The summed E-state index contributed by atoms with van der Waals surface area (Å²) in [6.45, 7) is 2.87. The molecule has 2 amide bonds. The van der Waals surface area contributed by atoms with Gasteiger partial charge in [-0.2, -0.15) is 0 Å². The Morgan fingerprint density at radius 1 is 1.21 bits per heavy atom. The van der Waals surface area contributed by atoms with E-state index in [1.165, 1.54) is 0 Å². The van der Waals surface area contributed by atoms with E-state index in [0.29, 0.717) is 6.54 Å². The molecule has 0 saturated carbocycles. The SMILES string of the molecule is CCCN(CC(=O)NC)C(=O)CNc1ccccc1. The summed E-state index contributed by atoms with van der Waals surface area (Å²) >= 11 is 0. The molecule has 0 heterocycles. The van der Waals surface area contributed by atoms with Crippen LogP contribution in [0, 0.1) is 0 Å². The lowest BCUT2D eigenvalue weighted by atomic mass is 10.3. The topological polar surface area (TPSA) is 61.4 Å². The van der Waals surface area contributed by atoms with Crippen LogP contribution < -0.4 is 10.6 Å². The van der Waals surface area contributed by atoms with Gasteiger partial charge in [-0.05, 0) is 18.6 Å². The summed E-state index contributed by atoms with van der Waals surface area (Å²) in [5.74, 6) is -0.226. The van der Waals surface area contributed by atoms with Gasteiger partial charge in [0.05, 0.1) is 13.1 Å². The highest BCUT2D eigenvalue weighted by molar-refractivity contribution is 5.86. The fourth-order valence-electron chi connectivity index (χ4n) is 1.66. The third-order valence-corrected chi connectivity index (χ3v) is 2.68. The Balaban J connectivity index is 2.50. The summed E-state index contributed by atoms with van der Waals surface area (Å²) in [6, 6.07) is 9.52. The number of amides is 2. The summed E-state index contributed by atoms with van der Waals surface area (Å²) in [5, 5.41) is 5.58. The molecule has 0 radical (unpaired) electrons. The molecule has 0 aliphatic rings. The van der Waals surface area contributed by atoms with E-state index >= 15 is 0 Å². The second kappa shape index (κ2) is 8.13. The zero-order valence-corrected chi connectivity index (χ0v) is 11.5. The van der Waals surface area contributed by atoms with Crippen molar-refractivity contribution in [3.8, 4) is 0 Å². The Morgan fingerprint density at radius 3 is 2.47 bits per heavy atom. The molecule has 1 rings (SSSR count). The Bertz CT molecular complexity index is 406. The quantitative estimate of drug-likeness (QED) is 0.774. The standard InChI is InChI=1S/C14H21N3O2/c1-3-9-17(11-13(18)15-2)14(19)10-16-12-7-5-4-6-8-12/h4-8,16H,3,9-11H2,1-2H3,(H,15,18). The van der Waals surface area contributed by atoms with Crippen molar-refractivity contribution in [2.24, 2.45) is 0 Å². The van der Waals surface area contributed by atoms with E-state index in [2.05, 4.69) is 10.6 Å². The first kappa shape index (κ1) is 15.0. The predicted molar refractivity (Wildman–Crippen MR) is 75.9 cm³/mol. The Hall–Kier alpha value is -2.04. The van der Waals surface area contributed by atoms with Crippen LogP contribution in [0.5, 0.6) is 0 Å². The molecule has 0 aromatic heterocycles. The zero-order valence-electron chi connectivity index (χ0n) is 11.5. The van der Waals surface area contributed by atoms with Crippen LogP contribution in [0.2, 0.25) is 0 Å². The van der Waals surface area contributed by atoms with E-state index in [-0.39, 0.29) is 24.9 Å². The maximum Gasteiger partial charge on any atom is 0.242 e. The van der Waals surface area contributed by atoms with Gasteiger partial charge in [-0.25, -0.2) is 0 Å². The average molecular weight is 263 g/mol. The third kappa shape index (κ3) is 5.42. The smallest absolute Gasteiger partial charge is 0.242 e. The molecular formula is C14H21N3O2. The Morgan fingerprint density at radius 2 is 1.89 bits per heavy atom. The van der Waals surface area contributed by atoms with Crippen LogP contribution in [0.4, 0.5) is 5.69 Å². The molecule has 0 aliphatic heterocycles. The molecule has 104 valence electrons. The lowest BCUT2D eigenvalue weighted by Gasteiger charge is -2.21. The molecule has 0 spiro atoms. The van der Waals surface area contributed by atoms with Crippen LogP contribution in [0.15, 0.2) is 30.3 Å². The lowest BCUT2D eigenvalue weighted by Crippen LogP contribution is -2.42. The van der Waals surface area contributed by atoms with Crippen LogP contribution in [0.3, 0.4) is 0 Å². The largest absolute Gasteiger partial charge is 0.376 e. The highest BCUT2D eigenvalue weighted by atomic mass is 16.2. The highest BCUT2D eigenvalue weighted by Crippen LogP contribution is 2.04. The van der Waals surface area contributed by atoms with E-state index < -0.39 is 0 Å². The minimum atomic E-state index is -0.151. The molecular weight excluding hydrogens is 242 g/mol. The molecule has 0 atom stereocenters. The van der Waals surface area contributed by atoms with Crippen LogP contribution in [-0.4, -0.2) is 43.4 Å². The number of hydrogen-bond donors (Lipinski definition) is 2. The number of nitrogens with one attached hydrogen (secondary N) is 2. The molecule has 0 bridgehead atoms. The number of anilines is 1. The monoisotopic (exact) mass is 263 g/mol. The summed E-state index contributed by atoms with van der Waals surface area (Å²) in [6.07, 6.45) is 0.827. The maximum atomic E-state index is 12.0. The fourth-order valence-corrected chi connectivity index (χ4v) is 1.66. The number of hydrogen-bond acceptors (Lipinski definition) is 3. The van der Waals surface area contributed by atoms with Crippen molar-refractivity contribution in [2.75, 3.05) is 32.0 Å². The summed E-state index contributed by atoms with van der Waals surface area (Å²) in [4.78, 5) is 25.0. The van der Waals surface area contributed by atoms with Crippen molar-refractivity contribution in [2.45, 2.75) is 13.3 Å². The maximum absolute atomic E-state index is 12.0. The molecule has 1 aromatic carbocycles. The molecule has 0 fully saturated rings. The molecule has 2 N–H and O–H groups in total. The minimum absolute atomic E-state index is 0.0747. The minimum Gasteiger partial charge on any atom is -0.376 e. The average Bonchev–Trinajstić information content (AvgIpc) is 2.45. The molecule has 0 unspecified atom stereocenters. The van der Waals surface area contributed by atoms with Gasteiger partial charge in [-0.3, -0.25) is 9.59 Å². The van der Waals surface area contributed by atoms with Gasteiger partial charge < -0.3 is 15.5 Å². The molecule has 5 heteroatoms. The first-order chi connectivity index (χ1) is 9.17.